The molecule has 0 fully saturated rings. The molecule has 0 heterocycles. The fourth-order valence-corrected chi connectivity index (χ4v) is 1.88. The molecule has 0 saturated carbocycles. The van der Waals surface area contributed by atoms with Gasteiger partial charge in [-0.3, -0.25) is 0 Å². The molecule has 0 atom stereocenters. The lowest BCUT2D eigenvalue weighted by Crippen LogP contribution is -2.09. The molecule has 33 heavy (non-hydrogen) atoms. The van der Waals surface area contributed by atoms with Gasteiger partial charge in [0.15, 0.2) is 40.7 Å². The Morgan fingerprint density at radius 3 is 1.09 bits per heavy atom. The molecular weight excluding hydrogens is 475 g/mol. The summed E-state index contributed by atoms with van der Waals surface area (Å²) in [6.45, 7) is 4.70. The van der Waals surface area contributed by atoms with Crippen molar-refractivity contribution in [3.63, 3.8) is 0 Å². The maximum absolute atomic E-state index is 13.2. The Bertz CT molecular complexity index is 921. The van der Waals surface area contributed by atoms with Crippen molar-refractivity contribution in [1.82, 2.24) is 0 Å². The second-order valence-electron chi connectivity index (χ2n) is 5.41. The number of aliphatic hydroxyl groups excluding tert-OH is 3. The maximum atomic E-state index is 13.2. The number of benzene rings is 2. The quantitative estimate of drug-likeness (QED) is 0.321. The second kappa shape index (κ2) is 14.2. The summed E-state index contributed by atoms with van der Waals surface area (Å²) in [5.41, 5.74) is -1.91. The van der Waals surface area contributed by atoms with E-state index < -0.39 is 82.4 Å². The molecule has 0 unspecified atom stereocenters. The molecule has 4 nitrogen and oxygen atoms in total. The average molecular weight is 492 g/mol. The molecule has 0 aromatic heterocycles. The van der Waals surface area contributed by atoms with Crippen molar-refractivity contribution in [2.24, 2.45) is 0 Å². The molecule has 0 aliphatic carbocycles. The van der Waals surface area contributed by atoms with Gasteiger partial charge < -0.3 is 20.1 Å². The van der Waals surface area contributed by atoms with Crippen molar-refractivity contribution in [2.45, 2.75) is 0 Å². The van der Waals surface area contributed by atoms with E-state index >= 15 is 0 Å². The predicted molar refractivity (Wildman–Crippen MR) is 99.4 cm³/mol. The van der Waals surface area contributed by atoms with Crippen LogP contribution in [-0.2, 0) is 0 Å². The smallest absolute Gasteiger partial charge is 0.204 e. The van der Waals surface area contributed by atoms with E-state index in [1.165, 1.54) is 0 Å². The number of rotatable bonds is 6. The van der Waals surface area contributed by atoms with E-state index in [9.17, 15) is 39.5 Å². The van der Waals surface area contributed by atoms with Crippen LogP contribution in [0.5, 0.6) is 5.75 Å². The SMILES string of the molecule is C=Cc1c(F)c(F)c(F)c(F)c1F.C=Cc1c(F)c(F)c(OCCO)c(F)c1F.OCCO. The van der Waals surface area contributed by atoms with E-state index in [1.807, 2.05) is 0 Å². The zero-order chi connectivity index (χ0) is 25.9. The summed E-state index contributed by atoms with van der Waals surface area (Å²) in [7, 11) is 0. The average Bonchev–Trinajstić information content (AvgIpc) is 2.81. The molecule has 0 amide bonds. The molecule has 0 saturated heterocycles. The van der Waals surface area contributed by atoms with E-state index in [2.05, 4.69) is 17.9 Å². The lowest BCUT2D eigenvalue weighted by Gasteiger charge is -2.10. The minimum atomic E-state index is -2.17. The van der Waals surface area contributed by atoms with Gasteiger partial charge in [-0.05, 0) is 0 Å². The summed E-state index contributed by atoms with van der Waals surface area (Å²) in [5, 5.41) is 23.6. The molecule has 0 spiro atoms. The third-order valence-corrected chi connectivity index (χ3v) is 3.35. The van der Waals surface area contributed by atoms with Gasteiger partial charge in [-0.2, -0.15) is 8.78 Å². The third kappa shape index (κ3) is 7.23. The fourth-order valence-electron chi connectivity index (χ4n) is 1.88. The van der Waals surface area contributed by atoms with Crippen LogP contribution in [0.4, 0.5) is 39.5 Å². The minimum Gasteiger partial charge on any atom is -0.485 e. The lowest BCUT2D eigenvalue weighted by atomic mass is 10.1. The summed E-state index contributed by atoms with van der Waals surface area (Å²) in [6, 6.07) is 0. The number of hydrogen-bond acceptors (Lipinski definition) is 4. The van der Waals surface area contributed by atoms with Crippen LogP contribution >= 0.6 is 0 Å². The van der Waals surface area contributed by atoms with Crippen LogP contribution in [0.25, 0.3) is 12.2 Å². The predicted octanol–water partition coefficient (Wildman–Crippen LogP) is 4.25. The van der Waals surface area contributed by atoms with Crippen molar-refractivity contribution in [2.75, 3.05) is 26.4 Å². The molecule has 13 heteroatoms. The number of halogens is 9. The van der Waals surface area contributed by atoms with E-state index in [4.69, 9.17) is 15.3 Å². The van der Waals surface area contributed by atoms with Crippen LogP contribution in [-0.4, -0.2) is 41.7 Å². The van der Waals surface area contributed by atoms with Gasteiger partial charge in [0.1, 0.15) is 6.61 Å². The summed E-state index contributed by atoms with van der Waals surface area (Å²) < 4.78 is 119. The van der Waals surface area contributed by atoms with Crippen molar-refractivity contribution < 1.29 is 59.6 Å². The van der Waals surface area contributed by atoms with Crippen molar-refractivity contribution >= 4 is 12.2 Å². The molecule has 2 rings (SSSR count). The highest BCUT2D eigenvalue weighted by Gasteiger charge is 2.25. The highest BCUT2D eigenvalue weighted by molar-refractivity contribution is 5.52. The highest BCUT2D eigenvalue weighted by atomic mass is 19.2. The standard InChI is InChI=1S/C10H8F4O2.C8H3F5.C2H6O2/c1-2-5-6(11)8(13)10(16-4-3-15)9(14)7(5)12;1-2-3-4(9)6(11)8(13)7(12)5(3)10;3-1-2-4/h2,15H,1,3-4H2;2H,1H2;3-4H,1-2H2. The first-order valence-corrected chi connectivity index (χ1v) is 8.54. The summed E-state index contributed by atoms with van der Waals surface area (Å²) in [4.78, 5) is 0. The van der Waals surface area contributed by atoms with Gasteiger partial charge in [0.05, 0.1) is 30.9 Å². The minimum absolute atomic E-state index is 0.125. The van der Waals surface area contributed by atoms with Gasteiger partial charge in [0, 0.05) is 0 Å². The second-order valence-corrected chi connectivity index (χ2v) is 5.41. The van der Waals surface area contributed by atoms with Gasteiger partial charge in [-0.25, -0.2) is 30.7 Å². The first-order chi connectivity index (χ1) is 15.5. The van der Waals surface area contributed by atoms with Gasteiger partial charge in [-0.1, -0.05) is 25.3 Å². The van der Waals surface area contributed by atoms with Gasteiger partial charge >= 0.3 is 0 Å². The van der Waals surface area contributed by atoms with Crippen molar-refractivity contribution in [1.29, 1.82) is 0 Å². The van der Waals surface area contributed by atoms with Crippen molar-refractivity contribution in [3.05, 3.63) is 76.6 Å². The molecule has 0 aliphatic rings. The normalized spacial score (nSPS) is 9.94. The van der Waals surface area contributed by atoms with E-state index in [0.717, 1.165) is 0 Å². The topological polar surface area (TPSA) is 69.9 Å². The number of hydrogen-bond donors (Lipinski definition) is 3. The highest BCUT2D eigenvalue weighted by Crippen LogP contribution is 2.30. The van der Waals surface area contributed by atoms with Crippen LogP contribution in [0.3, 0.4) is 0 Å². The zero-order valence-corrected chi connectivity index (χ0v) is 16.5. The summed E-state index contributed by atoms with van der Waals surface area (Å²) in [6.07, 6.45) is 1.23. The molecule has 2 aromatic carbocycles. The molecule has 2 aromatic rings. The molecule has 3 N–H and O–H groups in total. The Morgan fingerprint density at radius 2 is 0.818 bits per heavy atom. The van der Waals surface area contributed by atoms with E-state index in [-0.39, 0.29) is 13.2 Å². The van der Waals surface area contributed by atoms with E-state index in [1.54, 1.807) is 0 Å². The zero-order valence-electron chi connectivity index (χ0n) is 16.5. The van der Waals surface area contributed by atoms with Gasteiger partial charge in [0.25, 0.3) is 0 Å². The monoisotopic (exact) mass is 492 g/mol. The molecular formula is C20H17F9O4. The Hall–Kier alpha value is -3.03. The fraction of sp³-hybridized carbons (Fsp3) is 0.200. The summed E-state index contributed by atoms with van der Waals surface area (Å²) >= 11 is 0. The maximum Gasteiger partial charge on any atom is 0.204 e. The van der Waals surface area contributed by atoms with Gasteiger partial charge in [-0.15, -0.1) is 0 Å². The van der Waals surface area contributed by atoms with Crippen molar-refractivity contribution in [3.8, 4) is 5.75 Å². The lowest BCUT2D eigenvalue weighted by molar-refractivity contribution is 0.186. The first kappa shape index (κ1) is 30.0. The molecule has 0 radical (unpaired) electrons. The molecule has 184 valence electrons. The Balaban J connectivity index is 0.000000542. The van der Waals surface area contributed by atoms with Crippen LogP contribution in [0, 0.1) is 52.4 Å². The third-order valence-electron chi connectivity index (χ3n) is 3.35. The number of ether oxygens (including phenoxy) is 1. The Kier molecular flexibility index (Phi) is 12.9. The van der Waals surface area contributed by atoms with Gasteiger partial charge in [0.2, 0.25) is 17.5 Å². The van der Waals surface area contributed by atoms with Crippen LogP contribution in [0.2, 0.25) is 0 Å². The van der Waals surface area contributed by atoms with Crippen LogP contribution in [0.1, 0.15) is 11.1 Å². The first-order valence-electron chi connectivity index (χ1n) is 8.54. The molecule has 0 bridgehead atoms. The van der Waals surface area contributed by atoms with Crippen LogP contribution in [0.15, 0.2) is 13.2 Å². The van der Waals surface area contributed by atoms with Crippen LogP contribution < -0.4 is 4.74 Å². The largest absolute Gasteiger partial charge is 0.485 e. The summed E-state index contributed by atoms with van der Waals surface area (Å²) in [5.74, 6) is -17.5. The van der Waals surface area contributed by atoms with E-state index in [0.29, 0.717) is 12.2 Å². The Morgan fingerprint density at radius 1 is 0.515 bits per heavy atom. The number of aliphatic hydroxyl groups is 3. The Labute approximate surface area is 181 Å². The molecule has 0 aliphatic heterocycles.